The Labute approximate surface area is 216 Å². The number of hydrogen-bond acceptors (Lipinski definition) is 4. The van der Waals surface area contributed by atoms with Crippen LogP contribution in [0.15, 0.2) is 36.4 Å². The van der Waals surface area contributed by atoms with Crippen LogP contribution in [0.5, 0.6) is 0 Å². The lowest BCUT2D eigenvalue weighted by atomic mass is 10.1. The summed E-state index contributed by atoms with van der Waals surface area (Å²) in [5.74, 6) is -0.957. The van der Waals surface area contributed by atoms with Gasteiger partial charge in [-0.05, 0) is 56.2 Å². The first-order valence-corrected chi connectivity index (χ1v) is 13.6. The van der Waals surface area contributed by atoms with E-state index in [2.05, 4.69) is 5.32 Å². The predicted molar refractivity (Wildman–Crippen MR) is 138 cm³/mol. The van der Waals surface area contributed by atoms with Gasteiger partial charge in [0, 0.05) is 33.7 Å². The molecule has 0 spiro atoms. The fourth-order valence-corrected chi connectivity index (χ4v) is 4.98. The number of nitrogens with zero attached hydrogens (tertiary/aromatic N) is 2. The minimum atomic E-state index is -3.84. The highest BCUT2D eigenvalue weighted by Crippen LogP contribution is 2.28. The third-order valence-corrected chi connectivity index (χ3v) is 7.28. The molecule has 7 nitrogen and oxygen atoms in total. The van der Waals surface area contributed by atoms with Crippen molar-refractivity contribution >= 4 is 62.3 Å². The maximum absolute atomic E-state index is 13.5. The molecule has 0 fully saturated rings. The SMILES string of the molecule is CCCNC(=O)C(C)N(Cc1c(Cl)cccc1Cl)C(=O)CN(c1ccc(Cl)cc1C)S(C)(=O)=O. The summed E-state index contributed by atoms with van der Waals surface area (Å²) in [5, 5.41) is 3.88. The van der Waals surface area contributed by atoms with Gasteiger partial charge in [0.1, 0.15) is 12.6 Å². The summed E-state index contributed by atoms with van der Waals surface area (Å²) in [6.45, 7) is 5.04. The molecule has 0 saturated carbocycles. The van der Waals surface area contributed by atoms with E-state index >= 15 is 0 Å². The van der Waals surface area contributed by atoms with E-state index in [4.69, 9.17) is 34.8 Å². The lowest BCUT2D eigenvalue weighted by Crippen LogP contribution is -2.51. The van der Waals surface area contributed by atoms with Gasteiger partial charge in [-0.3, -0.25) is 13.9 Å². The Morgan fingerprint density at radius 3 is 2.24 bits per heavy atom. The second-order valence-corrected chi connectivity index (χ2v) is 11.0. The number of nitrogens with one attached hydrogen (secondary N) is 1. The van der Waals surface area contributed by atoms with E-state index in [1.165, 1.54) is 4.90 Å². The average molecular weight is 549 g/mol. The normalized spacial score (nSPS) is 12.2. The number of benzene rings is 2. The minimum absolute atomic E-state index is 0.0742. The van der Waals surface area contributed by atoms with Crippen LogP contribution >= 0.6 is 34.8 Å². The summed E-state index contributed by atoms with van der Waals surface area (Å²) >= 11 is 18.6. The Morgan fingerprint density at radius 1 is 1.09 bits per heavy atom. The molecule has 0 aromatic heterocycles. The molecule has 34 heavy (non-hydrogen) atoms. The molecule has 2 rings (SSSR count). The smallest absolute Gasteiger partial charge is 0.244 e. The summed E-state index contributed by atoms with van der Waals surface area (Å²) in [5.41, 5.74) is 1.36. The number of amides is 2. The maximum atomic E-state index is 13.5. The molecule has 186 valence electrons. The van der Waals surface area contributed by atoms with Gasteiger partial charge in [0.25, 0.3) is 0 Å². The number of anilines is 1. The highest BCUT2D eigenvalue weighted by molar-refractivity contribution is 7.92. The van der Waals surface area contributed by atoms with Crippen LogP contribution in [-0.2, 0) is 26.2 Å². The molecule has 0 radical (unpaired) electrons. The van der Waals surface area contributed by atoms with Gasteiger partial charge in [-0.2, -0.15) is 0 Å². The zero-order valence-corrected chi connectivity index (χ0v) is 22.5. The summed E-state index contributed by atoms with van der Waals surface area (Å²) < 4.78 is 26.3. The Hall–Kier alpha value is -2.00. The van der Waals surface area contributed by atoms with E-state index in [0.29, 0.717) is 38.4 Å². The van der Waals surface area contributed by atoms with Crippen molar-refractivity contribution in [3.8, 4) is 0 Å². The van der Waals surface area contributed by atoms with Crippen LogP contribution in [0.4, 0.5) is 5.69 Å². The highest BCUT2D eigenvalue weighted by atomic mass is 35.5. The lowest BCUT2D eigenvalue weighted by molar-refractivity contribution is -0.139. The van der Waals surface area contributed by atoms with E-state index in [9.17, 15) is 18.0 Å². The number of aryl methyl sites for hydroxylation is 1. The van der Waals surface area contributed by atoms with Crippen molar-refractivity contribution in [2.45, 2.75) is 39.8 Å². The van der Waals surface area contributed by atoms with Crippen LogP contribution in [-0.4, -0.2) is 50.5 Å². The van der Waals surface area contributed by atoms with E-state index in [1.807, 2.05) is 6.92 Å². The van der Waals surface area contributed by atoms with Gasteiger partial charge < -0.3 is 10.2 Å². The van der Waals surface area contributed by atoms with Crippen molar-refractivity contribution in [3.63, 3.8) is 0 Å². The Balaban J connectivity index is 2.46. The standard InChI is InChI=1S/C23H28Cl3N3O4S/c1-5-11-27-23(31)16(3)28(13-18-19(25)7-6-8-20(18)26)22(30)14-29(34(4,32)33)21-10-9-17(24)12-15(21)2/h6-10,12,16H,5,11,13-14H2,1-4H3,(H,27,31). The molecule has 0 saturated heterocycles. The third-order valence-electron chi connectivity index (χ3n) is 5.21. The molecule has 2 amide bonds. The lowest BCUT2D eigenvalue weighted by Gasteiger charge is -2.32. The van der Waals surface area contributed by atoms with Gasteiger partial charge in [0.05, 0.1) is 11.9 Å². The second-order valence-electron chi connectivity index (χ2n) is 7.89. The van der Waals surface area contributed by atoms with Crippen LogP contribution in [0.2, 0.25) is 15.1 Å². The molecule has 11 heteroatoms. The number of carbonyl (C=O) groups is 2. The zero-order valence-electron chi connectivity index (χ0n) is 19.4. The average Bonchev–Trinajstić information content (AvgIpc) is 2.74. The molecule has 0 aliphatic rings. The van der Waals surface area contributed by atoms with Crippen LogP contribution in [0.25, 0.3) is 0 Å². The minimum Gasteiger partial charge on any atom is -0.354 e. The molecule has 0 bridgehead atoms. The fraction of sp³-hybridized carbons (Fsp3) is 0.391. The topological polar surface area (TPSA) is 86.8 Å². The number of hydrogen-bond donors (Lipinski definition) is 1. The first-order valence-electron chi connectivity index (χ1n) is 10.6. The fourth-order valence-electron chi connectivity index (χ4n) is 3.33. The summed E-state index contributed by atoms with van der Waals surface area (Å²) in [7, 11) is -3.84. The van der Waals surface area contributed by atoms with Crippen molar-refractivity contribution in [3.05, 3.63) is 62.6 Å². The number of sulfonamides is 1. The van der Waals surface area contributed by atoms with Crippen molar-refractivity contribution in [2.24, 2.45) is 0 Å². The number of carbonyl (C=O) groups excluding carboxylic acids is 2. The quantitative estimate of drug-likeness (QED) is 0.468. The van der Waals surface area contributed by atoms with Crippen molar-refractivity contribution in [1.82, 2.24) is 10.2 Å². The van der Waals surface area contributed by atoms with Crippen LogP contribution in [0.1, 0.15) is 31.4 Å². The molecule has 0 aliphatic carbocycles. The number of halogens is 3. The van der Waals surface area contributed by atoms with E-state index < -0.39 is 28.5 Å². The van der Waals surface area contributed by atoms with Crippen LogP contribution in [0, 0.1) is 6.92 Å². The van der Waals surface area contributed by atoms with Gasteiger partial charge in [0.15, 0.2) is 0 Å². The Bertz CT molecular complexity index is 1140. The van der Waals surface area contributed by atoms with Crippen LogP contribution < -0.4 is 9.62 Å². The molecule has 0 aliphatic heterocycles. The number of rotatable bonds is 10. The molecule has 1 N–H and O–H groups in total. The van der Waals surface area contributed by atoms with Crippen molar-refractivity contribution < 1.29 is 18.0 Å². The second kappa shape index (κ2) is 12.1. The monoisotopic (exact) mass is 547 g/mol. The molecule has 0 heterocycles. The van der Waals surface area contributed by atoms with Gasteiger partial charge in [-0.15, -0.1) is 0 Å². The van der Waals surface area contributed by atoms with Crippen LogP contribution in [0.3, 0.4) is 0 Å². The van der Waals surface area contributed by atoms with Crippen molar-refractivity contribution in [2.75, 3.05) is 23.7 Å². The molecular formula is C23H28Cl3N3O4S. The van der Waals surface area contributed by atoms with Gasteiger partial charge in [0.2, 0.25) is 21.8 Å². The van der Waals surface area contributed by atoms with E-state index in [-0.39, 0.29) is 12.5 Å². The summed E-state index contributed by atoms with van der Waals surface area (Å²) in [6.07, 6.45) is 1.74. The first-order chi connectivity index (χ1) is 15.9. The summed E-state index contributed by atoms with van der Waals surface area (Å²) in [4.78, 5) is 27.5. The zero-order chi connectivity index (χ0) is 25.6. The molecule has 1 unspecified atom stereocenters. The van der Waals surface area contributed by atoms with Gasteiger partial charge in [-0.1, -0.05) is 47.8 Å². The molecular weight excluding hydrogens is 521 g/mol. The largest absolute Gasteiger partial charge is 0.354 e. The Kier molecular flexibility index (Phi) is 10.1. The van der Waals surface area contributed by atoms with Crippen molar-refractivity contribution in [1.29, 1.82) is 0 Å². The van der Waals surface area contributed by atoms with Gasteiger partial charge in [-0.25, -0.2) is 8.42 Å². The maximum Gasteiger partial charge on any atom is 0.244 e. The summed E-state index contributed by atoms with van der Waals surface area (Å²) in [6, 6.07) is 8.74. The Morgan fingerprint density at radius 2 is 1.71 bits per heavy atom. The first kappa shape index (κ1) is 28.2. The van der Waals surface area contributed by atoms with Gasteiger partial charge >= 0.3 is 0 Å². The molecule has 2 aromatic carbocycles. The van der Waals surface area contributed by atoms with E-state index in [1.54, 1.807) is 50.2 Å². The third kappa shape index (κ3) is 7.25. The molecule has 2 aromatic rings. The molecule has 1 atom stereocenters. The van der Waals surface area contributed by atoms with E-state index in [0.717, 1.165) is 17.0 Å². The predicted octanol–water partition coefficient (Wildman–Crippen LogP) is 4.66. The highest BCUT2D eigenvalue weighted by Gasteiger charge is 2.31.